The molecule has 0 atom stereocenters. The smallest absolute Gasteiger partial charge is 0.217 e. The van der Waals surface area contributed by atoms with Gasteiger partial charge in [0.2, 0.25) is 5.88 Å². The Kier molecular flexibility index (Phi) is 6.00. The Labute approximate surface area is 142 Å². The van der Waals surface area contributed by atoms with Crippen LogP contribution in [0, 0.1) is 0 Å². The van der Waals surface area contributed by atoms with Gasteiger partial charge in [0.05, 0.1) is 19.2 Å². The van der Waals surface area contributed by atoms with Crippen LogP contribution in [-0.2, 0) is 0 Å². The molecule has 1 aliphatic heterocycles. The average molecular weight is 332 g/mol. The number of nitrogens with zero attached hydrogens (tertiary/aromatic N) is 2. The lowest BCUT2D eigenvalue weighted by atomic mass is 10.2. The first-order valence-corrected chi connectivity index (χ1v) is 9.39. The van der Waals surface area contributed by atoms with Crippen molar-refractivity contribution in [1.82, 2.24) is 9.88 Å². The minimum absolute atomic E-state index is 0.650. The molecular formula is C18H24N2O2S. The number of hydrogen-bond acceptors (Lipinski definition) is 5. The normalized spacial score (nSPS) is 15.2. The minimum Gasteiger partial charge on any atom is -0.496 e. The Balaban J connectivity index is 1.45. The molecule has 5 heteroatoms. The van der Waals surface area contributed by atoms with Crippen LogP contribution in [0.5, 0.6) is 11.6 Å². The molecule has 124 valence electrons. The maximum atomic E-state index is 5.82. The van der Waals surface area contributed by atoms with E-state index in [0.717, 1.165) is 23.1 Å². The minimum atomic E-state index is 0.650. The van der Waals surface area contributed by atoms with Gasteiger partial charge >= 0.3 is 0 Å². The molecule has 0 N–H and O–H groups in total. The van der Waals surface area contributed by atoms with Gasteiger partial charge in [-0.05, 0) is 37.9 Å². The van der Waals surface area contributed by atoms with Gasteiger partial charge in [-0.3, -0.25) is 4.90 Å². The van der Waals surface area contributed by atoms with Crippen LogP contribution in [0.1, 0.15) is 19.3 Å². The SMILES string of the molecule is COc1cc(OCCCCCN2CCSC2)nc2ccccc12. The fourth-order valence-electron chi connectivity index (χ4n) is 2.78. The number of para-hydroxylation sites is 1. The molecular weight excluding hydrogens is 308 g/mol. The number of aromatic nitrogens is 1. The molecule has 1 saturated heterocycles. The molecule has 0 aliphatic carbocycles. The van der Waals surface area contributed by atoms with Crippen LogP contribution >= 0.6 is 11.8 Å². The van der Waals surface area contributed by atoms with Crippen molar-refractivity contribution < 1.29 is 9.47 Å². The quantitative estimate of drug-likeness (QED) is 0.687. The maximum Gasteiger partial charge on any atom is 0.217 e. The predicted octanol–water partition coefficient (Wildman–Crippen LogP) is 3.80. The first-order valence-electron chi connectivity index (χ1n) is 8.23. The van der Waals surface area contributed by atoms with Crippen LogP contribution in [0.15, 0.2) is 30.3 Å². The van der Waals surface area contributed by atoms with Crippen molar-refractivity contribution in [1.29, 1.82) is 0 Å². The molecule has 1 aromatic heterocycles. The first-order chi connectivity index (χ1) is 11.4. The van der Waals surface area contributed by atoms with E-state index in [2.05, 4.69) is 9.88 Å². The molecule has 1 aliphatic rings. The molecule has 4 nitrogen and oxygen atoms in total. The van der Waals surface area contributed by atoms with Crippen LogP contribution in [0.4, 0.5) is 0 Å². The molecule has 2 heterocycles. The second kappa shape index (κ2) is 8.41. The number of benzene rings is 1. The average Bonchev–Trinajstić information content (AvgIpc) is 3.10. The largest absolute Gasteiger partial charge is 0.496 e. The van der Waals surface area contributed by atoms with Gasteiger partial charge in [0, 0.05) is 29.6 Å². The molecule has 0 saturated carbocycles. The lowest BCUT2D eigenvalue weighted by Gasteiger charge is -2.13. The number of hydrogen-bond donors (Lipinski definition) is 0. The lowest BCUT2D eigenvalue weighted by Crippen LogP contribution is -2.20. The van der Waals surface area contributed by atoms with Crippen LogP contribution in [0.3, 0.4) is 0 Å². The van der Waals surface area contributed by atoms with Gasteiger partial charge in [-0.1, -0.05) is 12.1 Å². The highest BCUT2D eigenvalue weighted by molar-refractivity contribution is 7.99. The van der Waals surface area contributed by atoms with E-state index in [-0.39, 0.29) is 0 Å². The highest BCUT2D eigenvalue weighted by atomic mass is 32.2. The van der Waals surface area contributed by atoms with E-state index in [1.807, 2.05) is 42.1 Å². The van der Waals surface area contributed by atoms with Gasteiger partial charge in [-0.15, -0.1) is 11.8 Å². The number of methoxy groups -OCH3 is 1. The van der Waals surface area contributed by atoms with E-state index >= 15 is 0 Å². The molecule has 0 amide bonds. The van der Waals surface area contributed by atoms with Crippen LogP contribution in [0.25, 0.3) is 10.9 Å². The van der Waals surface area contributed by atoms with E-state index in [1.54, 1.807) is 7.11 Å². The fourth-order valence-corrected chi connectivity index (χ4v) is 3.82. The summed E-state index contributed by atoms with van der Waals surface area (Å²) in [5.41, 5.74) is 0.911. The summed E-state index contributed by atoms with van der Waals surface area (Å²) in [6.45, 7) is 3.18. The highest BCUT2D eigenvalue weighted by Crippen LogP contribution is 2.28. The molecule has 3 rings (SSSR count). The summed E-state index contributed by atoms with van der Waals surface area (Å²) in [5.74, 6) is 3.96. The molecule has 1 aromatic carbocycles. The summed E-state index contributed by atoms with van der Waals surface area (Å²) in [7, 11) is 1.68. The second-order valence-corrected chi connectivity index (χ2v) is 6.82. The van der Waals surface area contributed by atoms with E-state index in [4.69, 9.17) is 9.47 Å². The van der Waals surface area contributed by atoms with Crippen LogP contribution in [-0.4, -0.2) is 48.3 Å². The summed E-state index contributed by atoms with van der Waals surface area (Å²) in [6.07, 6.45) is 3.52. The van der Waals surface area contributed by atoms with Crippen molar-refractivity contribution in [3.8, 4) is 11.6 Å². The molecule has 2 aromatic rings. The van der Waals surface area contributed by atoms with Gasteiger partial charge < -0.3 is 9.47 Å². The standard InChI is InChI=1S/C18H24N2O2S/c1-21-17-13-18(19-16-8-4-3-7-15(16)17)22-11-6-2-5-9-20-10-12-23-14-20/h3-4,7-8,13H,2,5-6,9-12,14H2,1H3. The van der Waals surface area contributed by atoms with E-state index in [1.165, 1.54) is 37.6 Å². The topological polar surface area (TPSA) is 34.6 Å². The number of thioether (sulfide) groups is 1. The van der Waals surface area contributed by atoms with Crippen molar-refractivity contribution in [3.63, 3.8) is 0 Å². The Bertz CT molecular complexity index is 629. The second-order valence-electron chi connectivity index (χ2n) is 5.74. The first kappa shape index (κ1) is 16.4. The lowest BCUT2D eigenvalue weighted by molar-refractivity contribution is 0.284. The third-order valence-electron chi connectivity index (χ3n) is 4.07. The Morgan fingerprint density at radius 1 is 1.22 bits per heavy atom. The maximum absolute atomic E-state index is 5.82. The van der Waals surface area contributed by atoms with Gasteiger partial charge in [0.1, 0.15) is 5.75 Å². The van der Waals surface area contributed by atoms with Gasteiger partial charge in [-0.2, -0.15) is 0 Å². The Morgan fingerprint density at radius 3 is 2.96 bits per heavy atom. The van der Waals surface area contributed by atoms with E-state index < -0.39 is 0 Å². The van der Waals surface area contributed by atoms with Gasteiger partial charge in [-0.25, -0.2) is 4.98 Å². The number of rotatable bonds is 8. The van der Waals surface area contributed by atoms with Crippen LogP contribution in [0.2, 0.25) is 0 Å². The molecule has 23 heavy (non-hydrogen) atoms. The van der Waals surface area contributed by atoms with Gasteiger partial charge in [0.15, 0.2) is 0 Å². The monoisotopic (exact) mass is 332 g/mol. The fraction of sp³-hybridized carbons (Fsp3) is 0.500. The summed E-state index contributed by atoms with van der Waals surface area (Å²) >= 11 is 2.03. The van der Waals surface area contributed by atoms with Gasteiger partial charge in [0.25, 0.3) is 0 Å². The Hall–Kier alpha value is -1.46. The summed E-state index contributed by atoms with van der Waals surface area (Å²) in [5, 5.41) is 1.02. The zero-order chi connectivity index (χ0) is 15.9. The third kappa shape index (κ3) is 4.52. The summed E-state index contributed by atoms with van der Waals surface area (Å²) in [4.78, 5) is 7.08. The third-order valence-corrected chi connectivity index (χ3v) is 5.09. The zero-order valence-electron chi connectivity index (χ0n) is 13.7. The number of pyridine rings is 1. The summed E-state index contributed by atoms with van der Waals surface area (Å²) < 4.78 is 11.3. The van der Waals surface area contributed by atoms with E-state index in [9.17, 15) is 0 Å². The number of unbranched alkanes of at least 4 members (excludes halogenated alkanes) is 2. The molecule has 1 fully saturated rings. The van der Waals surface area contributed by atoms with Crippen molar-refractivity contribution in [3.05, 3.63) is 30.3 Å². The van der Waals surface area contributed by atoms with Crippen LogP contribution < -0.4 is 9.47 Å². The summed E-state index contributed by atoms with van der Waals surface area (Å²) in [6, 6.07) is 9.85. The highest BCUT2D eigenvalue weighted by Gasteiger charge is 2.10. The number of ether oxygens (including phenoxy) is 2. The molecule has 0 bridgehead atoms. The van der Waals surface area contributed by atoms with Crippen molar-refractivity contribution >= 4 is 22.7 Å². The molecule has 0 unspecified atom stereocenters. The van der Waals surface area contributed by atoms with E-state index in [0.29, 0.717) is 12.5 Å². The predicted molar refractivity (Wildman–Crippen MR) is 96.5 cm³/mol. The molecule has 0 spiro atoms. The van der Waals surface area contributed by atoms with Crippen molar-refractivity contribution in [2.45, 2.75) is 19.3 Å². The van der Waals surface area contributed by atoms with Crippen molar-refractivity contribution in [2.24, 2.45) is 0 Å². The molecule has 0 radical (unpaired) electrons. The van der Waals surface area contributed by atoms with Crippen molar-refractivity contribution in [2.75, 3.05) is 38.4 Å². The Morgan fingerprint density at radius 2 is 2.13 bits per heavy atom. The number of fused-ring (bicyclic) bond motifs is 1. The zero-order valence-corrected chi connectivity index (χ0v) is 14.5.